The standard InChI is InChI=1S/C10H12ClN3O/c1-7-2-3-14(6-7)10(15)8-4-12-5-9(11)13-8/h4-5,7H,2-3,6H2,1H3. The van der Waals surface area contributed by atoms with Crippen LogP contribution in [0.2, 0.25) is 5.15 Å². The number of hydrogen-bond acceptors (Lipinski definition) is 3. The molecular formula is C10H12ClN3O. The van der Waals surface area contributed by atoms with Crippen molar-refractivity contribution in [1.29, 1.82) is 0 Å². The van der Waals surface area contributed by atoms with Gasteiger partial charge in [0.15, 0.2) is 0 Å². The molecule has 1 amide bonds. The van der Waals surface area contributed by atoms with E-state index in [1.807, 2.05) is 0 Å². The van der Waals surface area contributed by atoms with E-state index in [1.165, 1.54) is 12.4 Å². The molecule has 2 heterocycles. The average Bonchev–Trinajstić information content (AvgIpc) is 2.64. The highest BCUT2D eigenvalue weighted by Gasteiger charge is 2.25. The van der Waals surface area contributed by atoms with Gasteiger partial charge in [0.25, 0.3) is 5.91 Å². The van der Waals surface area contributed by atoms with Crippen LogP contribution in [0.15, 0.2) is 12.4 Å². The van der Waals surface area contributed by atoms with Gasteiger partial charge in [-0.05, 0) is 12.3 Å². The van der Waals surface area contributed by atoms with E-state index in [4.69, 9.17) is 11.6 Å². The van der Waals surface area contributed by atoms with Gasteiger partial charge in [0.1, 0.15) is 10.8 Å². The lowest BCUT2D eigenvalue weighted by Gasteiger charge is -2.14. The van der Waals surface area contributed by atoms with Crippen LogP contribution in [0.3, 0.4) is 0 Å². The highest BCUT2D eigenvalue weighted by Crippen LogP contribution is 2.17. The van der Waals surface area contributed by atoms with Gasteiger partial charge in [0.2, 0.25) is 0 Å². The zero-order valence-corrected chi connectivity index (χ0v) is 9.24. The number of hydrogen-bond donors (Lipinski definition) is 0. The summed E-state index contributed by atoms with van der Waals surface area (Å²) >= 11 is 5.68. The number of aromatic nitrogens is 2. The lowest BCUT2D eigenvalue weighted by Crippen LogP contribution is -2.29. The van der Waals surface area contributed by atoms with Gasteiger partial charge in [-0.1, -0.05) is 18.5 Å². The van der Waals surface area contributed by atoms with Gasteiger partial charge < -0.3 is 4.90 Å². The molecule has 1 aromatic rings. The Bertz CT molecular complexity index is 383. The molecule has 15 heavy (non-hydrogen) atoms. The molecule has 0 aromatic carbocycles. The van der Waals surface area contributed by atoms with Crippen LogP contribution in [0.5, 0.6) is 0 Å². The lowest BCUT2D eigenvalue weighted by atomic mass is 10.2. The van der Waals surface area contributed by atoms with Crippen LogP contribution in [0.4, 0.5) is 0 Å². The van der Waals surface area contributed by atoms with Crippen LogP contribution in [0.1, 0.15) is 23.8 Å². The molecule has 0 N–H and O–H groups in total. The van der Waals surface area contributed by atoms with Gasteiger partial charge in [0.05, 0.1) is 12.4 Å². The molecule has 0 saturated carbocycles. The molecule has 5 heteroatoms. The van der Waals surface area contributed by atoms with E-state index >= 15 is 0 Å². The molecule has 1 aliphatic rings. The Morgan fingerprint density at radius 1 is 1.60 bits per heavy atom. The summed E-state index contributed by atoms with van der Waals surface area (Å²) in [6.45, 7) is 3.73. The molecule has 80 valence electrons. The molecule has 1 saturated heterocycles. The quantitative estimate of drug-likeness (QED) is 0.730. The van der Waals surface area contributed by atoms with Crippen LogP contribution in [-0.2, 0) is 0 Å². The molecule has 1 atom stereocenters. The van der Waals surface area contributed by atoms with E-state index < -0.39 is 0 Å². The van der Waals surface area contributed by atoms with Gasteiger partial charge in [-0.3, -0.25) is 9.78 Å². The molecule has 0 aliphatic carbocycles. The lowest BCUT2D eigenvalue weighted by molar-refractivity contribution is 0.0782. The molecule has 0 spiro atoms. The number of halogens is 1. The van der Waals surface area contributed by atoms with Crippen molar-refractivity contribution >= 4 is 17.5 Å². The SMILES string of the molecule is CC1CCN(C(=O)c2cncc(Cl)n2)C1. The highest BCUT2D eigenvalue weighted by molar-refractivity contribution is 6.29. The number of carbonyl (C=O) groups excluding carboxylic acids is 1. The fourth-order valence-electron chi connectivity index (χ4n) is 1.73. The smallest absolute Gasteiger partial charge is 0.274 e. The highest BCUT2D eigenvalue weighted by atomic mass is 35.5. The largest absolute Gasteiger partial charge is 0.337 e. The maximum absolute atomic E-state index is 11.9. The zero-order chi connectivity index (χ0) is 10.8. The Hall–Kier alpha value is -1.16. The van der Waals surface area contributed by atoms with E-state index in [2.05, 4.69) is 16.9 Å². The molecule has 4 nitrogen and oxygen atoms in total. The minimum atomic E-state index is -0.0747. The Morgan fingerprint density at radius 3 is 3.00 bits per heavy atom. The van der Waals surface area contributed by atoms with E-state index in [1.54, 1.807) is 4.90 Å². The Kier molecular flexibility index (Phi) is 2.86. The predicted molar refractivity (Wildman–Crippen MR) is 56.7 cm³/mol. The summed E-state index contributed by atoms with van der Waals surface area (Å²) in [6.07, 6.45) is 3.93. The Morgan fingerprint density at radius 2 is 2.40 bits per heavy atom. The predicted octanol–water partition coefficient (Wildman–Crippen LogP) is 1.61. The third kappa shape index (κ3) is 2.26. The van der Waals surface area contributed by atoms with Crippen molar-refractivity contribution in [2.75, 3.05) is 13.1 Å². The molecule has 1 unspecified atom stereocenters. The average molecular weight is 226 g/mol. The second-order valence-corrected chi connectivity index (χ2v) is 4.26. The molecule has 1 aliphatic heterocycles. The summed E-state index contributed by atoms with van der Waals surface area (Å²) in [4.78, 5) is 21.5. The van der Waals surface area contributed by atoms with E-state index in [0.717, 1.165) is 19.5 Å². The summed E-state index contributed by atoms with van der Waals surface area (Å²) < 4.78 is 0. The molecular weight excluding hydrogens is 214 g/mol. The third-order valence-corrected chi connectivity index (χ3v) is 2.72. The second-order valence-electron chi connectivity index (χ2n) is 3.87. The summed E-state index contributed by atoms with van der Waals surface area (Å²) in [6, 6.07) is 0. The molecule has 2 rings (SSSR count). The summed E-state index contributed by atoms with van der Waals surface area (Å²) in [7, 11) is 0. The third-order valence-electron chi connectivity index (χ3n) is 2.54. The fraction of sp³-hybridized carbons (Fsp3) is 0.500. The van der Waals surface area contributed by atoms with Crippen molar-refractivity contribution in [2.45, 2.75) is 13.3 Å². The number of rotatable bonds is 1. The first-order chi connectivity index (χ1) is 7.16. The monoisotopic (exact) mass is 225 g/mol. The normalized spacial score (nSPS) is 20.7. The number of carbonyl (C=O) groups is 1. The summed E-state index contributed by atoms with van der Waals surface area (Å²) in [5.41, 5.74) is 0.330. The number of amides is 1. The maximum atomic E-state index is 11.9. The van der Waals surface area contributed by atoms with Crippen LogP contribution < -0.4 is 0 Å². The van der Waals surface area contributed by atoms with Crippen LogP contribution in [0, 0.1) is 5.92 Å². The Labute approximate surface area is 93.3 Å². The number of likely N-dealkylation sites (tertiary alicyclic amines) is 1. The van der Waals surface area contributed by atoms with Crippen molar-refractivity contribution in [1.82, 2.24) is 14.9 Å². The minimum absolute atomic E-state index is 0.0747. The van der Waals surface area contributed by atoms with Crippen molar-refractivity contribution in [3.63, 3.8) is 0 Å². The summed E-state index contributed by atoms with van der Waals surface area (Å²) in [5, 5.41) is 0.257. The van der Waals surface area contributed by atoms with Crippen LogP contribution in [0.25, 0.3) is 0 Å². The first kappa shape index (κ1) is 10.4. The zero-order valence-electron chi connectivity index (χ0n) is 8.48. The Balaban J connectivity index is 2.14. The molecule has 0 radical (unpaired) electrons. The molecule has 1 fully saturated rings. The fourth-order valence-corrected chi connectivity index (χ4v) is 1.87. The van der Waals surface area contributed by atoms with Crippen molar-refractivity contribution in [3.8, 4) is 0 Å². The van der Waals surface area contributed by atoms with E-state index in [0.29, 0.717) is 11.6 Å². The maximum Gasteiger partial charge on any atom is 0.274 e. The van der Waals surface area contributed by atoms with Gasteiger partial charge in [-0.25, -0.2) is 4.98 Å². The van der Waals surface area contributed by atoms with E-state index in [-0.39, 0.29) is 11.1 Å². The minimum Gasteiger partial charge on any atom is -0.337 e. The van der Waals surface area contributed by atoms with Gasteiger partial charge in [-0.15, -0.1) is 0 Å². The topological polar surface area (TPSA) is 46.1 Å². The molecule has 1 aromatic heterocycles. The van der Waals surface area contributed by atoms with Crippen LogP contribution in [-0.4, -0.2) is 33.9 Å². The van der Waals surface area contributed by atoms with Gasteiger partial charge >= 0.3 is 0 Å². The second kappa shape index (κ2) is 4.14. The molecule has 0 bridgehead atoms. The van der Waals surface area contributed by atoms with Gasteiger partial charge in [-0.2, -0.15) is 0 Å². The van der Waals surface area contributed by atoms with Crippen LogP contribution >= 0.6 is 11.6 Å². The first-order valence-electron chi connectivity index (χ1n) is 4.93. The number of nitrogens with zero attached hydrogens (tertiary/aromatic N) is 3. The summed E-state index contributed by atoms with van der Waals surface area (Å²) in [5.74, 6) is 0.496. The van der Waals surface area contributed by atoms with Crippen molar-refractivity contribution in [2.24, 2.45) is 5.92 Å². The van der Waals surface area contributed by atoms with Crippen molar-refractivity contribution < 1.29 is 4.79 Å². The first-order valence-corrected chi connectivity index (χ1v) is 5.31. The van der Waals surface area contributed by atoms with Gasteiger partial charge in [0, 0.05) is 13.1 Å². The van der Waals surface area contributed by atoms with E-state index in [9.17, 15) is 4.79 Å². The van der Waals surface area contributed by atoms with Crippen molar-refractivity contribution in [3.05, 3.63) is 23.2 Å².